The van der Waals surface area contributed by atoms with Crippen molar-refractivity contribution in [2.45, 2.75) is 0 Å². The molecule has 0 saturated heterocycles. The first-order chi connectivity index (χ1) is 17.3. The highest BCUT2D eigenvalue weighted by atomic mass is 16.2. The lowest BCUT2D eigenvalue weighted by Gasteiger charge is -2.24. The SMILES string of the molecule is C=CC(=O)Nc1cc(Nc2nccc(-n3c(=O)n(C)c4ccccc43)n2)ccc1N(C)CCN(C)C. The number of fused-ring (bicyclic) bond motifs is 1. The molecular formula is C26H30N8O2. The largest absolute Gasteiger partial charge is 0.372 e. The van der Waals surface area contributed by atoms with E-state index >= 15 is 0 Å². The van der Waals surface area contributed by atoms with Crippen molar-refractivity contribution >= 4 is 40.0 Å². The first-order valence-corrected chi connectivity index (χ1v) is 11.5. The Balaban J connectivity index is 1.66. The highest BCUT2D eigenvalue weighted by Crippen LogP contribution is 2.30. The maximum absolute atomic E-state index is 12.9. The molecule has 2 aromatic heterocycles. The van der Waals surface area contributed by atoms with Gasteiger partial charge >= 0.3 is 5.69 Å². The summed E-state index contributed by atoms with van der Waals surface area (Å²) in [5.74, 6) is 0.472. The van der Waals surface area contributed by atoms with Crippen LogP contribution >= 0.6 is 0 Å². The zero-order valence-electron chi connectivity index (χ0n) is 20.9. The second kappa shape index (κ2) is 10.4. The van der Waals surface area contributed by atoms with E-state index < -0.39 is 0 Å². The van der Waals surface area contributed by atoms with Gasteiger partial charge in [-0.2, -0.15) is 4.98 Å². The molecule has 0 aliphatic carbocycles. The number of benzene rings is 2. The Labute approximate surface area is 209 Å². The molecule has 0 aliphatic rings. The Bertz CT molecular complexity index is 1470. The van der Waals surface area contributed by atoms with Crippen LogP contribution in [0.2, 0.25) is 0 Å². The average molecular weight is 487 g/mol. The number of amides is 1. The van der Waals surface area contributed by atoms with Crippen molar-refractivity contribution in [2.75, 3.05) is 49.8 Å². The normalized spacial score (nSPS) is 11.0. The summed E-state index contributed by atoms with van der Waals surface area (Å²) in [6.07, 6.45) is 2.83. The number of hydrogen-bond donors (Lipinski definition) is 2. The van der Waals surface area contributed by atoms with Crippen molar-refractivity contribution in [2.24, 2.45) is 7.05 Å². The van der Waals surface area contributed by atoms with Crippen molar-refractivity contribution in [3.05, 3.63) is 77.9 Å². The van der Waals surface area contributed by atoms with Crippen LogP contribution in [0.15, 0.2) is 72.2 Å². The molecule has 2 aromatic carbocycles. The number of hydrogen-bond acceptors (Lipinski definition) is 7. The summed E-state index contributed by atoms with van der Waals surface area (Å²) in [5.41, 5.74) is 3.56. The topological polar surface area (TPSA) is 100 Å². The van der Waals surface area contributed by atoms with Gasteiger partial charge in [0, 0.05) is 45.1 Å². The van der Waals surface area contributed by atoms with Crippen molar-refractivity contribution in [1.29, 1.82) is 0 Å². The zero-order chi connectivity index (χ0) is 25.8. The second-order valence-electron chi connectivity index (χ2n) is 8.68. The number of rotatable bonds is 9. The highest BCUT2D eigenvalue weighted by Gasteiger charge is 2.15. The monoisotopic (exact) mass is 486 g/mol. The van der Waals surface area contributed by atoms with Crippen molar-refractivity contribution in [3.8, 4) is 5.82 Å². The second-order valence-corrected chi connectivity index (χ2v) is 8.68. The molecule has 0 unspecified atom stereocenters. The number of aryl methyl sites for hydroxylation is 1. The maximum atomic E-state index is 12.9. The Morgan fingerprint density at radius 1 is 1.08 bits per heavy atom. The average Bonchev–Trinajstić information content (AvgIpc) is 3.12. The number of likely N-dealkylation sites (N-methyl/N-ethyl adjacent to an activating group) is 2. The molecule has 4 rings (SSSR count). The number of aromatic nitrogens is 4. The van der Waals surface area contributed by atoms with Crippen molar-refractivity contribution < 1.29 is 4.79 Å². The van der Waals surface area contributed by atoms with Gasteiger partial charge in [0.15, 0.2) is 0 Å². The van der Waals surface area contributed by atoms with E-state index in [0.717, 1.165) is 29.8 Å². The van der Waals surface area contributed by atoms with E-state index in [1.807, 2.05) is 63.6 Å². The lowest BCUT2D eigenvalue weighted by atomic mass is 10.2. The summed E-state index contributed by atoms with van der Waals surface area (Å²) in [4.78, 5) is 38.1. The summed E-state index contributed by atoms with van der Waals surface area (Å²) >= 11 is 0. The molecule has 0 atom stereocenters. The summed E-state index contributed by atoms with van der Waals surface area (Å²) in [6, 6.07) is 14.9. The number of imidazole rings is 1. The zero-order valence-corrected chi connectivity index (χ0v) is 20.9. The lowest BCUT2D eigenvalue weighted by molar-refractivity contribution is -0.111. The molecule has 186 valence electrons. The third-order valence-corrected chi connectivity index (χ3v) is 5.82. The number of carbonyl (C=O) groups excluding carboxylic acids is 1. The molecule has 1 amide bonds. The fourth-order valence-electron chi connectivity index (χ4n) is 3.88. The quantitative estimate of drug-likeness (QED) is 0.351. The first-order valence-electron chi connectivity index (χ1n) is 11.5. The van der Waals surface area contributed by atoms with Gasteiger partial charge in [-0.3, -0.25) is 9.36 Å². The molecule has 0 fully saturated rings. The van der Waals surface area contributed by atoms with Gasteiger partial charge in [-0.1, -0.05) is 18.7 Å². The van der Waals surface area contributed by atoms with Gasteiger partial charge in [-0.15, -0.1) is 0 Å². The van der Waals surface area contributed by atoms with Crippen molar-refractivity contribution in [1.82, 2.24) is 24.0 Å². The van der Waals surface area contributed by atoms with E-state index in [2.05, 4.69) is 37.0 Å². The highest BCUT2D eigenvalue weighted by molar-refractivity contribution is 6.01. The molecule has 2 heterocycles. The Kier molecular flexibility index (Phi) is 7.16. The molecule has 0 radical (unpaired) electrons. The van der Waals surface area contributed by atoms with E-state index in [4.69, 9.17) is 0 Å². The smallest absolute Gasteiger partial charge is 0.334 e. The molecule has 4 aromatic rings. The van der Waals surface area contributed by atoms with Gasteiger partial charge in [0.05, 0.1) is 22.4 Å². The van der Waals surface area contributed by atoms with Crippen LogP contribution in [0.4, 0.5) is 23.0 Å². The third-order valence-electron chi connectivity index (χ3n) is 5.82. The molecule has 2 N–H and O–H groups in total. The number of anilines is 4. The minimum Gasteiger partial charge on any atom is -0.372 e. The van der Waals surface area contributed by atoms with Crippen LogP contribution in [0, 0.1) is 0 Å². The number of nitrogens with zero attached hydrogens (tertiary/aromatic N) is 6. The van der Waals surface area contributed by atoms with Crippen LogP contribution in [0.1, 0.15) is 0 Å². The van der Waals surface area contributed by atoms with Crippen molar-refractivity contribution in [3.63, 3.8) is 0 Å². The Morgan fingerprint density at radius 2 is 1.83 bits per heavy atom. The van der Waals surface area contributed by atoms with Crippen LogP contribution in [-0.4, -0.2) is 64.1 Å². The summed E-state index contributed by atoms with van der Waals surface area (Å²) in [7, 11) is 7.74. The molecule has 0 aliphatic heterocycles. The van der Waals surface area contributed by atoms with Gasteiger partial charge in [-0.05, 0) is 50.5 Å². The van der Waals surface area contributed by atoms with Gasteiger partial charge in [-0.25, -0.2) is 14.3 Å². The third kappa shape index (κ3) is 5.13. The minimum atomic E-state index is -0.303. The van der Waals surface area contributed by atoms with Gasteiger partial charge < -0.3 is 20.4 Å². The van der Waals surface area contributed by atoms with Crippen LogP contribution in [0.5, 0.6) is 0 Å². The predicted molar refractivity (Wildman–Crippen MR) is 144 cm³/mol. The lowest BCUT2D eigenvalue weighted by Crippen LogP contribution is -2.29. The van der Waals surface area contributed by atoms with Gasteiger partial charge in [0.1, 0.15) is 5.82 Å². The molecular weight excluding hydrogens is 456 g/mol. The molecule has 10 heteroatoms. The van der Waals surface area contributed by atoms with Crippen LogP contribution in [0.3, 0.4) is 0 Å². The fraction of sp³-hybridized carbons (Fsp3) is 0.231. The molecule has 0 spiro atoms. The van der Waals surface area contributed by atoms with E-state index in [-0.39, 0.29) is 11.6 Å². The summed E-state index contributed by atoms with van der Waals surface area (Å²) < 4.78 is 3.14. The van der Waals surface area contributed by atoms with Crippen LogP contribution < -0.4 is 21.2 Å². The van der Waals surface area contributed by atoms with E-state index in [9.17, 15) is 9.59 Å². The fourth-order valence-corrected chi connectivity index (χ4v) is 3.88. The van der Waals surface area contributed by atoms with Crippen LogP contribution in [0.25, 0.3) is 16.9 Å². The number of carbonyl (C=O) groups is 1. The summed E-state index contributed by atoms with van der Waals surface area (Å²) in [6.45, 7) is 5.19. The number of para-hydroxylation sites is 2. The maximum Gasteiger partial charge on any atom is 0.334 e. The molecule has 10 nitrogen and oxygen atoms in total. The first kappa shape index (κ1) is 24.7. The molecule has 36 heavy (non-hydrogen) atoms. The molecule has 0 bridgehead atoms. The minimum absolute atomic E-state index is 0.194. The van der Waals surface area contributed by atoms with E-state index in [1.54, 1.807) is 28.4 Å². The standard InChI is InChI=1S/C26H30N8O2/c1-6-24(35)29-19-17-18(11-12-20(19)32(4)16-15-31(2)3)28-25-27-14-13-23(30-25)34-22-10-8-7-9-21(22)33(5)26(34)36/h6-14,17H,1,15-16H2,2-5H3,(H,29,35)(H,27,28,30). The van der Waals surface area contributed by atoms with Gasteiger partial charge in [0.2, 0.25) is 11.9 Å². The Hall–Kier alpha value is -4.44. The van der Waals surface area contributed by atoms with E-state index in [1.165, 1.54) is 6.08 Å². The van der Waals surface area contributed by atoms with E-state index in [0.29, 0.717) is 23.1 Å². The Morgan fingerprint density at radius 3 is 2.56 bits per heavy atom. The van der Waals surface area contributed by atoms with Gasteiger partial charge in [0.25, 0.3) is 0 Å². The summed E-state index contributed by atoms with van der Waals surface area (Å²) in [5, 5.41) is 6.07. The molecule has 0 saturated carbocycles. The van der Waals surface area contributed by atoms with Crippen LogP contribution in [-0.2, 0) is 11.8 Å². The number of nitrogens with one attached hydrogen (secondary N) is 2. The predicted octanol–water partition coefficient (Wildman–Crippen LogP) is 2.99.